The maximum atomic E-state index is 5.59. The Morgan fingerprint density at radius 1 is 1.53 bits per heavy atom. The van der Waals surface area contributed by atoms with Gasteiger partial charge in [0, 0.05) is 24.3 Å². The predicted molar refractivity (Wildman–Crippen MR) is 65.7 cm³/mol. The molecule has 6 heteroatoms. The molecular formula is C11H19N5O. The molecule has 6 nitrogen and oxygen atoms in total. The molecule has 0 atom stereocenters. The number of hydrogen-bond acceptors (Lipinski definition) is 6. The molecule has 0 bridgehead atoms. The van der Waals surface area contributed by atoms with E-state index in [0.717, 1.165) is 18.3 Å². The lowest BCUT2D eigenvalue weighted by Gasteiger charge is -2.15. The fraction of sp³-hybridized carbons (Fsp3) is 0.636. The molecule has 0 unspecified atom stereocenters. The van der Waals surface area contributed by atoms with Crippen molar-refractivity contribution < 1.29 is 4.74 Å². The summed E-state index contributed by atoms with van der Waals surface area (Å²) in [5, 5.41) is 0. The van der Waals surface area contributed by atoms with E-state index in [4.69, 9.17) is 10.6 Å². The molecule has 94 valence electrons. The molecule has 1 aliphatic rings. The van der Waals surface area contributed by atoms with Crippen molar-refractivity contribution in [3.63, 3.8) is 0 Å². The standard InChI is InChI=1S/C11H19N5O/c1-8-7-10(14-11(13-8)15-12)17-6-5-16(2)9-3-4-9/h7,9H,3-6,12H2,1-2H3,(H,13,14,15). The lowest BCUT2D eigenvalue weighted by atomic mass is 10.4. The third-order valence-electron chi connectivity index (χ3n) is 2.82. The minimum Gasteiger partial charge on any atom is -0.476 e. The largest absolute Gasteiger partial charge is 0.476 e. The molecule has 1 saturated carbocycles. The van der Waals surface area contributed by atoms with Gasteiger partial charge in [0.1, 0.15) is 6.61 Å². The van der Waals surface area contributed by atoms with Crippen LogP contribution < -0.4 is 16.0 Å². The van der Waals surface area contributed by atoms with Gasteiger partial charge in [-0.1, -0.05) is 0 Å². The van der Waals surface area contributed by atoms with Crippen LogP contribution in [0.3, 0.4) is 0 Å². The molecule has 1 fully saturated rings. The van der Waals surface area contributed by atoms with E-state index in [1.807, 2.05) is 6.92 Å². The molecule has 1 heterocycles. The first-order chi connectivity index (χ1) is 8.19. The van der Waals surface area contributed by atoms with Gasteiger partial charge in [0.25, 0.3) is 0 Å². The van der Waals surface area contributed by atoms with E-state index in [1.165, 1.54) is 12.8 Å². The normalized spacial score (nSPS) is 15.1. The number of nitrogen functional groups attached to an aromatic ring is 1. The SMILES string of the molecule is Cc1cc(OCCN(C)C2CC2)nc(NN)n1. The number of likely N-dealkylation sites (N-methyl/N-ethyl adjacent to an activating group) is 1. The van der Waals surface area contributed by atoms with Crippen LogP contribution in [0.1, 0.15) is 18.5 Å². The highest BCUT2D eigenvalue weighted by Crippen LogP contribution is 2.24. The molecule has 1 aliphatic carbocycles. The molecule has 0 aromatic carbocycles. The van der Waals surface area contributed by atoms with Crippen molar-refractivity contribution in [1.29, 1.82) is 0 Å². The molecule has 0 saturated heterocycles. The second-order valence-corrected chi connectivity index (χ2v) is 4.38. The van der Waals surface area contributed by atoms with Crippen LogP contribution in [-0.4, -0.2) is 41.1 Å². The molecule has 0 spiro atoms. The average Bonchev–Trinajstić information content (AvgIpc) is 3.12. The van der Waals surface area contributed by atoms with Crippen LogP contribution >= 0.6 is 0 Å². The van der Waals surface area contributed by atoms with E-state index in [-0.39, 0.29) is 0 Å². The van der Waals surface area contributed by atoms with Gasteiger partial charge < -0.3 is 9.64 Å². The van der Waals surface area contributed by atoms with E-state index in [2.05, 4.69) is 27.3 Å². The van der Waals surface area contributed by atoms with Crippen molar-refractivity contribution >= 4 is 5.95 Å². The summed E-state index contributed by atoms with van der Waals surface area (Å²) >= 11 is 0. The Hall–Kier alpha value is -1.40. The monoisotopic (exact) mass is 237 g/mol. The fourth-order valence-corrected chi connectivity index (χ4v) is 1.67. The van der Waals surface area contributed by atoms with Crippen molar-refractivity contribution in [2.45, 2.75) is 25.8 Å². The van der Waals surface area contributed by atoms with Gasteiger partial charge >= 0.3 is 0 Å². The van der Waals surface area contributed by atoms with Gasteiger partial charge in [-0.05, 0) is 26.8 Å². The van der Waals surface area contributed by atoms with Crippen molar-refractivity contribution in [1.82, 2.24) is 14.9 Å². The quantitative estimate of drug-likeness (QED) is 0.555. The Bertz CT molecular complexity index is 380. The maximum absolute atomic E-state index is 5.59. The number of rotatable bonds is 6. The predicted octanol–water partition coefficient (Wildman–Crippen LogP) is 0.544. The third kappa shape index (κ3) is 3.54. The zero-order chi connectivity index (χ0) is 12.3. The van der Waals surface area contributed by atoms with Crippen LogP contribution in [0.4, 0.5) is 5.95 Å². The average molecular weight is 237 g/mol. The molecule has 3 N–H and O–H groups in total. The minimum atomic E-state index is 0.385. The molecule has 0 amide bonds. The first-order valence-corrected chi connectivity index (χ1v) is 5.84. The van der Waals surface area contributed by atoms with Crippen molar-refractivity contribution in [3.05, 3.63) is 11.8 Å². The van der Waals surface area contributed by atoms with Gasteiger partial charge in [0.2, 0.25) is 11.8 Å². The number of hydrogen-bond donors (Lipinski definition) is 2. The molecule has 1 aromatic rings. The summed E-state index contributed by atoms with van der Waals surface area (Å²) in [5.74, 6) is 6.22. The van der Waals surface area contributed by atoms with Gasteiger partial charge in [-0.15, -0.1) is 0 Å². The third-order valence-corrected chi connectivity index (χ3v) is 2.82. The van der Waals surface area contributed by atoms with E-state index >= 15 is 0 Å². The Kier molecular flexibility index (Phi) is 3.75. The smallest absolute Gasteiger partial charge is 0.240 e. The Morgan fingerprint density at radius 3 is 2.94 bits per heavy atom. The number of aryl methyl sites for hydroxylation is 1. The molecular weight excluding hydrogens is 218 g/mol. The highest BCUT2D eigenvalue weighted by Gasteiger charge is 2.25. The Morgan fingerprint density at radius 2 is 2.29 bits per heavy atom. The van der Waals surface area contributed by atoms with Gasteiger partial charge in [0.15, 0.2) is 0 Å². The van der Waals surface area contributed by atoms with E-state index in [9.17, 15) is 0 Å². The molecule has 17 heavy (non-hydrogen) atoms. The Labute approximate surface area is 101 Å². The summed E-state index contributed by atoms with van der Waals surface area (Å²) in [4.78, 5) is 10.5. The highest BCUT2D eigenvalue weighted by atomic mass is 16.5. The second kappa shape index (κ2) is 5.29. The number of aromatic nitrogens is 2. The van der Waals surface area contributed by atoms with E-state index in [1.54, 1.807) is 6.07 Å². The topological polar surface area (TPSA) is 76.3 Å². The van der Waals surface area contributed by atoms with Gasteiger partial charge in [-0.25, -0.2) is 10.8 Å². The number of anilines is 1. The number of ether oxygens (including phenoxy) is 1. The summed E-state index contributed by atoms with van der Waals surface area (Å²) in [6.45, 7) is 3.43. The number of nitrogens with two attached hydrogens (primary N) is 1. The van der Waals surface area contributed by atoms with Crippen LogP contribution in [0, 0.1) is 6.92 Å². The number of nitrogens with one attached hydrogen (secondary N) is 1. The molecule has 0 aliphatic heterocycles. The molecule has 1 aromatic heterocycles. The van der Waals surface area contributed by atoms with E-state index < -0.39 is 0 Å². The number of nitrogens with zero attached hydrogens (tertiary/aromatic N) is 3. The van der Waals surface area contributed by atoms with Crippen LogP contribution in [0.2, 0.25) is 0 Å². The van der Waals surface area contributed by atoms with Gasteiger partial charge in [-0.3, -0.25) is 5.43 Å². The summed E-state index contributed by atoms with van der Waals surface area (Å²) < 4.78 is 5.59. The maximum Gasteiger partial charge on any atom is 0.240 e. The minimum absolute atomic E-state index is 0.385. The lowest BCUT2D eigenvalue weighted by molar-refractivity contribution is 0.226. The van der Waals surface area contributed by atoms with Crippen molar-refractivity contribution in [2.75, 3.05) is 25.6 Å². The summed E-state index contributed by atoms with van der Waals surface area (Å²) in [6, 6.07) is 2.56. The Balaban J connectivity index is 1.83. The summed E-state index contributed by atoms with van der Waals surface area (Å²) in [5.41, 5.74) is 3.25. The zero-order valence-electron chi connectivity index (χ0n) is 10.3. The van der Waals surface area contributed by atoms with Crippen molar-refractivity contribution in [3.8, 4) is 5.88 Å². The van der Waals surface area contributed by atoms with Gasteiger partial charge in [-0.2, -0.15) is 4.98 Å². The van der Waals surface area contributed by atoms with Crippen LogP contribution in [0.5, 0.6) is 5.88 Å². The van der Waals surface area contributed by atoms with Crippen LogP contribution in [0.25, 0.3) is 0 Å². The van der Waals surface area contributed by atoms with E-state index in [0.29, 0.717) is 18.4 Å². The molecule has 0 radical (unpaired) electrons. The summed E-state index contributed by atoms with van der Waals surface area (Å²) in [7, 11) is 2.12. The van der Waals surface area contributed by atoms with Crippen LogP contribution in [0.15, 0.2) is 6.07 Å². The lowest BCUT2D eigenvalue weighted by Crippen LogP contribution is -2.26. The van der Waals surface area contributed by atoms with Gasteiger partial charge in [0.05, 0.1) is 0 Å². The highest BCUT2D eigenvalue weighted by molar-refractivity contribution is 5.28. The van der Waals surface area contributed by atoms with Crippen molar-refractivity contribution in [2.24, 2.45) is 5.84 Å². The first kappa shape index (κ1) is 12.1. The zero-order valence-corrected chi connectivity index (χ0v) is 10.3. The fourth-order valence-electron chi connectivity index (χ4n) is 1.67. The second-order valence-electron chi connectivity index (χ2n) is 4.38. The molecule has 2 rings (SSSR count). The van der Waals surface area contributed by atoms with Crippen LogP contribution in [-0.2, 0) is 0 Å². The number of hydrazine groups is 1. The first-order valence-electron chi connectivity index (χ1n) is 5.84. The summed E-state index contributed by atoms with van der Waals surface area (Å²) in [6.07, 6.45) is 2.62.